The second-order valence-electron chi connectivity index (χ2n) is 5.49. The van der Waals surface area contributed by atoms with Gasteiger partial charge in [0.15, 0.2) is 4.96 Å². The number of carbonyl (C=O) groups is 1. The average molecular weight is 307 g/mol. The number of hydrogen-bond donors (Lipinski definition) is 1. The predicted molar refractivity (Wildman–Crippen MR) is 79.7 cm³/mol. The van der Waals surface area contributed by atoms with Crippen LogP contribution < -0.4 is 5.56 Å². The number of hydrogen-bond acceptors (Lipinski definition) is 5. The normalized spacial score (nSPS) is 20.0. The van der Waals surface area contributed by atoms with Gasteiger partial charge in [-0.2, -0.15) is 0 Å². The summed E-state index contributed by atoms with van der Waals surface area (Å²) >= 11 is 1.45. The van der Waals surface area contributed by atoms with Crippen molar-refractivity contribution in [2.24, 2.45) is 5.92 Å². The Balaban J connectivity index is 1.82. The lowest BCUT2D eigenvalue weighted by Gasteiger charge is -2.30. The van der Waals surface area contributed by atoms with Crippen molar-refractivity contribution in [1.82, 2.24) is 14.3 Å². The molecular formula is C14H17N3O3S. The molecule has 0 radical (unpaired) electrons. The first-order valence-corrected chi connectivity index (χ1v) is 7.84. The van der Waals surface area contributed by atoms with Gasteiger partial charge in [-0.05, 0) is 26.3 Å². The summed E-state index contributed by atoms with van der Waals surface area (Å²) in [5.74, 6) is -1.05. The molecule has 7 heteroatoms. The van der Waals surface area contributed by atoms with Crippen LogP contribution in [0.1, 0.15) is 24.2 Å². The topological polar surface area (TPSA) is 74.9 Å². The van der Waals surface area contributed by atoms with E-state index in [0.717, 1.165) is 25.1 Å². The number of likely N-dealkylation sites (tertiary alicyclic amines) is 1. The van der Waals surface area contributed by atoms with Crippen LogP contribution in [0.15, 0.2) is 16.2 Å². The highest BCUT2D eigenvalue weighted by Crippen LogP contribution is 2.19. The van der Waals surface area contributed by atoms with E-state index >= 15 is 0 Å². The highest BCUT2D eigenvalue weighted by Gasteiger charge is 2.25. The first-order valence-electron chi connectivity index (χ1n) is 6.96. The molecule has 1 N–H and O–H groups in total. The zero-order valence-electron chi connectivity index (χ0n) is 11.8. The van der Waals surface area contributed by atoms with Crippen molar-refractivity contribution in [3.05, 3.63) is 33.2 Å². The van der Waals surface area contributed by atoms with Crippen LogP contribution in [0.3, 0.4) is 0 Å². The molecule has 21 heavy (non-hydrogen) atoms. The highest BCUT2D eigenvalue weighted by atomic mass is 32.1. The maximum atomic E-state index is 12.1. The van der Waals surface area contributed by atoms with Gasteiger partial charge in [0.05, 0.1) is 11.6 Å². The van der Waals surface area contributed by atoms with Crippen LogP contribution in [0.2, 0.25) is 0 Å². The third kappa shape index (κ3) is 2.84. The molecule has 1 aliphatic heterocycles. The van der Waals surface area contributed by atoms with E-state index in [9.17, 15) is 9.59 Å². The SMILES string of the molecule is Cc1csc2nc(CN3CCCC(C(=O)O)C3)cc(=O)n12. The van der Waals surface area contributed by atoms with E-state index in [0.29, 0.717) is 23.7 Å². The predicted octanol–water partition coefficient (Wildman–Crippen LogP) is 1.36. The third-order valence-electron chi connectivity index (χ3n) is 3.87. The van der Waals surface area contributed by atoms with E-state index in [4.69, 9.17) is 5.11 Å². The van der Waals surface area contributed by atoms with Crippen LogP contribution in [0.4, 0.5) is 0 Å². The van der Waals surface area contributed by atoms with Gasteiger partial charge in [-0.1, -0.05) is 0 Å². The Morgan fingerprint density at radius 1 is 1.57 bits per heavy atom. The molecule has 1 saturated heterocycles. The first-order chi connectivity index (χ1) is 10.0. The number of nitrogens with zero attached hydrogens (tertiary/aromatic N) is 3. The number of carboxylic acids is 1. The van der Waals surface area contributed by atoms with Gasteiger partial charge in [-0.25, -0.2) is 4.98 Å². The second kappa shape index (κ2) is 5.57. The summed E-state index contributed by atoms with van der Waals surface area (Å²) in [6, 6.07) is 1.55. The van der Waals surface area contributed by atoms with Crippen molar-refractivity contribution in [2.45, 2.75) is 26.3 Å². The quantitative estimate of drug-likeness (QED) is 0.927. The van der Waals surface area contributed by atoms with Crippen LogP contribution in [-0.2, 0) is 11.3 Å². The molecule has 3 heterocycles. The van der Waals surface area contributed by atoms with E-state index < -0.39 is 5.97 Å². The number of rotatable bonds is 3. The summed E-state index contributed by atoms with van der Waals surface area (Å²) in [4.78, 5) is 30.5. The number of thiazole rings is 1. The van der Waals surface area contributed by atoms with Crippen molar-refractivity contribution in [2.75, 3.05) is 13.1 Å². The van der Waals surface area contributed by atoms with E-state index in [1.165, 1.54) is 11.3 Å². The Labute approximate surface area is 125 Å². The van der Waals surface area contributed by atoms with Crippen LogP contribution in [0, 0.1) is 12.8 Å². The number of aryl methyl sites for hydroxylation is 1. The smallest absolute Gasteiger partial charge is 0.307 e. The molecule has 2 aromatic rings. The summed E-state index contributed by atoms with van der Waals surface area (Å²) in [5.41, 5.74) is 1.54. The fraction of sp³-hybridized carbons (Fsp3) is 0.500. The van der Waals surface area contributed by atoms with Crippen molar-refractivity contribution in [1.29, 1.82) is 0 Å². The zero-order valence-corrected chi connectivity index (χ0v) is 12.6. The van der Waals surface area contributed by atoms with Gasteiger partial charge in [0.2, 0.25) is 0 Å². The molecule has 1 unspecified atom stereocenters. The fourth-order valence-electron chi connectivity index (χ4n) is 2.81. The van der Waals surface area contributed by atoms with E-state index in [2.05, 4.69) is 9.88 Å². The molecule has 0 amide bonds. The van der Waals surface area contributed by atoms with Gasteiger partial charge < -0.3 is 5.11 Å². The van der Waals surface area contributed by atoms with Gasteiger partial charge in [-0.15, -0.1) is 11.3 Å². The zero-order chi connectivity index (χ0) is 15.0. The molecule has 0 spiro atoms. The monoisotopic (exact) mass is 307 g/mol. The van der Waals surface area contributed by atoms with Crippen molar-refractivity contribution < 1.29 is 9.90 Å². The first kappa shape index (κ1) is 14.2. The summed E-state index contributed by atoms with van der Waals surface area (Å²) in [6.07, 6.45) is 1.60. The molecule has 0 saturated carbocycles. The molecule has 0 aromatic carbocycles. The minimum atomic E-state index is -0.739. The lowest BCUT2D eigenvalue weighted by atomic mass is 9.98. The minimum absolute atomic E-state index is 0.0689. The molecule has 112 valence electrons. The lowest BCUT2D eigenvalue weighted by Crippen LogP contribution is -2.38. The largest absolute Gasteiger partial charge is 0.481 e. The minimum Gasteiger partial charge on any atom is -0.481 e. The third-order valence-corrected chi connectivity index (χ3v) is 4.81. The molecule has 1 aliphatic rings. The Morgan fingerprint density at radius 2 is 2.38 bits per heavy atom. The summed E-state index contributed by atoms with van der Waals surface area (Å²) < 4.78 is 1.60. The molecule has 1 fully saturated rings. The van der Waals surface area contributed by atoms with Crippen molar-refractivity contribution >= 4 is 22.3 Å². The summed E-state index contributed by atoms with van der Waals surface area (Å²) in [7, 11) is 0. The molecule has 0 bridgehead atoms. The van der Waals surface area contributed by atoms with Gasteiger partial charge in [0.1, 0.15) is 0 Å². The van der Waals surface area contributed by atoms with Crippen LogP contribution in [0.25, 0.3) is 4.96 Å². The fourth-order valence-corrected chi connectivity index (χ4v) is 3.70. The second-order valence-corrected chi connectivity index (χ2v) is 6.33. The van der Waals surface area contributed by atoms with Gasteiger partial charge >= 0.3 is 5.97 Å². The molecule has 6 nitrogen and oxygen atoms in total. The van der Waals surface area contributed by atoms with E-state index in [-0.39, 0.29) is 11.5 Å². The average Bonchev–Trinajstić information content (AvgIpc) is 2.81. The Bertz CT molecular complexity index is 737. The number of fused-ring (bicyclic) bond motifs is 1. The lowest BCUT2D eigenvalue weighted by molar-refractivity contribution is -0.143. The Kier molecular flexibility index (Phi) is 3.77. The van der Waals surface area contributed by atoms with Crippen LogP contribution in [-0.4, -0.2) is 38.4 Å². The van der Waals surface area contributed by atoms with Gasteiger partial charge in [-0.3, -0.25) is 18.9 Å². The van der Waals surface area contributed by atoms with Crippen molar-refractivity contribution in [3.8, 4) is 0 Å². The van der Waals surface area contributed by atoms with Crippen molar-refractivity contribution in [3.63, 3.8) is 0 Å². The Morgan fingerprint density at radius 3 is 3.14 bits per heavy atom. The van der Waals surface area contributed by atoms with Gasteiger partial charge in [0, 0.05) is 30.2 Å². The number of piperidine rings is 1. The maximum absolute atomic E-state index is 12.1. The molecular weight excluding hydrogens is 290 g/mol. The number of carboxylic acid groups (broad SMARTS) is 1. The Hall–Kier alpha value is -1.73. The molecule has 3 rings (SSSR count). The molecule has 0 aliphatic carbocycles. The standard InChI is InChI=1S/C14H17N3O3S/c1-9-8-21-14-15-11(5-12(18)17(9)14)7-16-4-2-3-10(6-16)13(19)20/h5,8,10H,2-4,6-7H2,1H3,(H,19,20). The highest BCUT2D eigenvalue weighted by molar-refractivity contribution is 7.15. The van der Waals surface area contributed by atoms with Crippen LogP contribution in [0.5, 0.6) is 0 Å². The van der Waals surface area contributed by atoms with E-state index in [1.54, 1.807) is 10.5 Å². The van der Waals surface area contributed by atoms with Gasteiger partial charge in [0.25, 0.3) is 5.56 Å². The number of aliphatic carboxylic acids is 1. The number of aromatic nitrogens is 2. The maximum Gasteiger partial charge on any atom is 0.307 e. The van der Waals surface area contributed by atoms with E-state index in [1.807, 2.05) is 12.3 Å². The molecule has 2 aromatic heterocycles. The molecule has 1 atom stereocenters. The summed E-state index contributed by atoms with van der Waals surface area (Å²) in [5, 5.41) is 11.0. The summed E-state index contributed by atoms with van der Waals surface area (Å²) in [6.45, 7) is 3.80. The van der Waals surface area contributed by atoms with Crippen LogP contribution >= 0.6 is 11.3 Å².